The molecule has 1 aliphatic rings. The van der Waals surface area contributed by atoms with E-state index in [-0.39, 0.29) is 17.8 Å². The Morgan fingerprint density at radius 1 is 1.14 bits per heavy atom. The number of aromatic nitrogens is 3. The monoisotopic (exact) mass is 507 g/mol. The number of hydrogen-bond donors (Lipinski definition) is 1. The highest BCUT2D eigenvalue weighted by Gasteiger charge is 2.21. The summed E-state index contributed by atoms with van der Waals surface area (Å²) in [5, 5.41) is 3.44. The first-order valence-corrected chi connectivity index (χ1v) is 12.4. The number of ether oxygens (including phenoxy) is 1. The highest BCUT2D eigenvalue weighted by molar-refractivity contribution is 6.30. The Hall–Kier alpha value is -3.65. The molecule has 5 rings (SSSR count). The zero-order chi connectivity index (χ0) is 25.1. The van der Waals surface area contributed by atoms with Gasteiger partial charge in [-0.2, -0.15) is 0 Å². The summed E-state index contributed by atoms with van der Waals surface area (Å²) in [6, 6.07) is 14.4. The molecule has 0 bridgehead atoms. The minimum Gasteiger partial charge on any atom is -0.490 e. The van der Waals surface area contributed by atoms with Crippen LogP contribution in [0.1, 0.15) is 41.5 Å². The zero-order valence-electron chi connectivity index (χ0n) is 20.0. The van der Waals surface area contributed by atoms with Crippen molar-refractivity contribution in [2.24, 2.45) is 0 Å². The molecule has 1 fully saturated rings. The van der Waals surface area contributed by atoms with Gasteiger partial charge in [-0.15, -0.1) is 0 Å². The van der Waals surface area contributed by atoms with Crippen LogP contribution in [0, 0.1) is 5.82 Å². The fraction of sp³-hybridized carbons (Fsp3) is 0.296. The Labute approximate surface area is 213 Å². The lowest BCUT2D eigenvalue weighted by Crippen LogP contribution is -2.38. The molecule has 3 heterocycles. The van der Waals surface area contributed by atoms with Gasteiger partial charge in [-0.05, 0) is 48.4 Å². The van der Waals surface area contributed by atoms with Gasteiger partial charge < -0.3 is 15.0 Å². The Balaban J connectivity index is 1.16. The predicted molar refractivity (Wildman–Crippen MR) is 137 cm³/mol. The average molecular weight is 508 g/mol. The minimum absolute atomic E-state index is 0.124. The normalized spacial score (nSPS) is 14.2. The first-order chi connectivity index (χ1) is 17.5. The van der Waals surface area contributed by atoms with E-state index in [0.29, 0.717) is 40.9 Å². The topological polar surface area (TPSA) is 71.8 Å². The number of aryl methyl sites for hydroxylation is 1. The van der Waals surface area contributed by atoms with Gasteiger partial charge in [0.1, 0.15) is 23.4 Å². The van der Waals surface area contributed by atoms with Crippen LogP contribution in [-0.4, -0.2) is 39.5 Å². The highest BCUT2D eigenvalue weighted by Crippen LogP contribution is 2.24. The lowest BCUT2D eigenvalue weighted by Gasteiger charge is -2.33. The fourth-order valence-electron chi connectivity index (χ4n) is 4.47. The van der Waals surface area contributed by atoms with Crippen molar-refractivity contribution in [2.45, 2.75) is 38.8 Å². The number of anilines is 1. The molecular weight excluding hydrogens is 481 g/mol. The maximum Gasteiger partial charge on any atom is 0.270 e. The fourth-order valence-corrected chi connectivity index (χ4v) is 4.62. The number of carbonyl (C=O) groups is 1. The smallest absolute Gasteiger partial charge is 0.270 e. The SMILES string of the molecule is CCc1nc2ncc(Cl)cn2c1C(=O)NCc1ccc(N2CCC(Oc3ccc(F)cc3)CC2)cc1. The van der Waals surface area contributed by atoms with Gasteiger partial charge in [-0.25, -0.2) is 14.4 Å². The van der Waals surface area contributed by atoms with E-state index in [1.165, 1.54) is 18.3 Å². The van der Waals surface area contributed by atoms with E-state index in [1.54, 1.807) is 22.7 Å². The number of benzene rings is 2. The second kappa shape index (κ2) is 10.5. The Bertz CT molecular complexity index is 1350. The van der Waals surface area contributed by atoms with Gasteiger partial charge in [-0.3, -0.25) is 9.20 Å². The van der Waals surface area contributed by atoms with E-state index in [4.69, 9.17) is 16.3 Å². The summed E-state index contributed by atoms with van der Waals surface area (Å²) >= 11 is 6.08. The van der Waals surface area contributed by atoms with Gasteiger partial charge in [-0.1, -0.05) is 30.7 Å². The van der Waals surface area contributed by atoms with Crippen LogP contribution in [0.15, 0.2) is 60.9 Å². The third-order valence-electron chi connectivity index (χ3n) is 6.38. The maximum atomic E-state index is 13.1. The largest absolute Gasteiger partial charge is 0.490 e. The summed E-state index contributed by atoms with van der Waals surface area (Å²) in [5.74, 6) is 0.687. The number of amides is 1. The van der Waals surface area contributed by atoms with Crippen molar-refractivity contribution in [2.75, 3.05) is 18.0 Å². The van der Waals surface area contributed by atoms with Crippen LogP contribution < -0.4 is 15.0 Å². The summed E-state index contributed by atoms with van der Waals surface area (Å²) in [6.45, 7) is 4.12. The Morgan fingerprint density at radius 2 is 1.86 bits per heavy atom. The van der Waals surface area contributed by atoms with Crippen LogP contribution in [0.3, 0.4) is 0 Å². The van der Waals surface area contributed by atoms with Crippen LogP contribution in [0.4, 0.5) is 10.1 Å². The molecule has 1 saturated heterocycles. The quantitative estimate of drug-likeness (QED) is 0.378. The van der Waals surface area contributed by atoms with E-state index in [0.717, 1.165) is 37.2 Å². The Kier molecular flexibility index (Phi) is 7.04. The predicted octanol–water partition coefficient (Wildman–Crippen LogP) is 5.06. The van der Waals surface area contributed by atoms with Crippen LogP contribution in [-0.2, 0) is 13.0 Å². The maximum absolute atomic E-state index is 13.1. The van der Waals surface area contributed by atoms with Crippen LogP contribution in [0.2, 0.25) is 5.02 Å². The third kappa shape index (κ3) is 5.28. The number of halogens is 2. The minimum atomic E-state index is -0.261. The van der Waals surface area contributed by atoms with Crippen molar-refractivity contribution in [3.05, 3.63) is 88.7 Å². The number of piperidine rings is 1. The van der Waals surface area contributed by atoms with Gasteiger partial charge in [0.15, 0.2) is 0 Å². The third-order valence-corrected chi connectivity index (χ3v) is 6.58. The number of imidazole rings is 1. The van der Waals surface area contributed by atoms with E-state index >= 15 is 0 Å². The molecule has 1 aliphatic heterocycles. The van der Waals surface area contributed by atoms with E-state index in [9.17, 15) is 9.18 Å². The number of hydrogen-bond acceptors (Lipinski definition) is 5. The van der Waals surface area contributed by atoms with Gasteiger partial charge in [0, 0.05) is 44.4 Å². The summed E-state index contributed by atoms with van der Waals surface area (Å²) in [6.07, 6.45) is 5.71. The molecule has 186 valence electrons. The van der Waals surface area contributed by atoms with Crippen molar-refractivity contribution < 1.29 is 13.9 Å². The molecule has 7 nitrogen and oxygen atoms in total. The molecule has 2 aromatic carbocycles. The van der Waals surface area contributed by atoms with Crippen LogP contribution >= 0.6 is 11.6 Å². The summed E-state index contributed by atoms with van der Waals surface area (Å²) in [5.41, 5.74) is 3.29. The van der Waals surface area contributed by atoms with E-state index in [1.807, 2.05) is 19.1 Å². The number of fused-ring (bicyclic) bond motifs is 1. The molecular formula is C27H27ClFN5O2. The number of nitrogens with zero attached hydrogens (tertiary/aromatic N) is 4. The molecule has 0 aliphatic carbocycles. The first kappa shape index (κ1) is 24.1. The number of rotatable bonds is 7. The molecule has 0 saturated carbocycles. The molecule has 36 heavy (non-hydrogen) atoms. The van der Waals surface area contributed by atoms with E-state index in [2.05, 4.69) is 32.3 Å². The highest BCUT2D eigenvalue weighted by atomic mass is 35.5. The van der Waals surface area contributed by atoms with Crippen molar-refractivity contribution >= 4 is 29.0 Å². The lowest BCUT2D eigenvalue weighted by molar-refractivity contribution is 0.0944. The summed E-state index contributed by atoms with van der Waals surface area (Å²) < 4.78 is 20.7. The molecule has 0 spiro atoms. The molecule has 9 heteroatoms. The lowest BCUT2D eigenvalue weighted by atomic mass is 10.1. The number of carbonyl (C=O) groups excluding carboxylic acids is 1. The zero-order valence-corrected chi connectivity index (χ0v) is 20.7. The van der Waals surface area contributed by atoms with Gasteiger partial charge in [0.2, 0.25) is 5.78 Å². The second-order valence-electron chi connectivity index (χ2n) is 8.81. The van der Waals surface area contributed by atoms with Crippen LogP contribution in [0.25, 0.3) is 5.78 Å². The number of nitrogens with one attached hydrogen (secondary N) is 1. The van der Waals surface area contributed by atoms with Crippen molar-refractivity contribution in [1.82, 2.24) is 19.7 Å². The van der Waals surface area contributed by atoms with Crippen molar-refractivity contribution in [3.63, 3.8) is 0 Å². The van der Waals surface area contributed by atoms with Crippen LogP contribution in [0.5, 0.6) is 5.75 Å². The Morgan fingerprint density at radius 3 is 2.56 bits per heavy atom. The molecule has 0 unspecified atom stereocenters. The van der Waals surface area contributed by atoms with Gasteiger partial charge >= 0.3 is 0 Å². The average Bonchev–Trinajstić information content (AvgIpc) is 3.27. The van der Waals surface area contributed by atoms with Crippen molar-refractivity contribution in [3.8, 4) is 5.75 Å². The van der Waals surface area contributed by atoms with E-state index < -0.39 is 0 Å². The van der Waals surface area contributed by atoms with Crippen molar-refractivity contribution in [1.29, 1.82) is 0 Å². The molecule has 0 atom stereocenters. The van der Waals surface area contributed by atoms with Gasteiger partial charge in [0.05, 0.1) is 16.9 Å². The molecule has 4 aromatic rings. The molecule has 1 N–H and O–H groups in total. The summed E-state index contributed by atoms with van der Waals surface area (Å²) in [7, 11) is 0. The molecule has 2 aromatic heterocycles. The first-order valence-electron chi connectivity index (χ1n) is 12.1. The molecule has 0 radical (unpaired) electrons. The van der Waals surface area contributed by atoms with Gasteiger partial charge in [0.25, 0.3) is 5.91 Å². The molecule has 1 amide bonds. The summed E-state index contributed by atoms with van der Waals surface area (Å²) in [4.78, 5) is 24.0. The second-order valence-corrected chi connectivity index (χ2v) is 9.25. The standard InChI is InChI=1S/C27H27ClFN5O2/c1-2-24-25(34-17-19(28)16-31-27(34)32-24)26(35)30-15-18-3-7-21(8-4-18)33-13-11-23(12-14-33)36-22-9-5-20(29)6-10-22/h3-10,16-17,23H,2,11-15H2,1H3,(H,30,35).